The van der Waals surface area contributed by atoms with E-state index in [0.29, 0.717) is 6.08 Å². The highest BCUT2D eigenvalue weighted by molar-refractivity contribution is 5.90. The molecule has 21 heavy (non-hydrogen) atoms. The third-order valence-corrected chi connectivity index (χ3v) is 2.11. The van der Waals surface area contributed by atoms with Gasteiger partial charge < -0.3 is 15.7 Å². The van der Waals surface area contributed by atoms with Crippen molar-refractivity contribution >= 4 is 23.8 Å². The van der Waals surface area contributed by atoms with Crippen molar-refractivity contribution in [3.05, 3.63) is 35.7 Å². The van der Waals surface area contributed by atoms with Crippen LogP contribution in [-0.4, -0.2) is 29.8 Å². The number of carboxylic acids is 1. The number of carbonyl (C=O) groups excluding carboxylic acids is 1. The van der Waals surface area contributed by atoms with Gasteiger partial charge in [0.05, 0.1) is 0 Å². The molecule has 0 radical (unpaired) electrons. The van der Waals surface area contributed by atoms with Gasteiger partial charge in [-0.25, -0.2) is 14.0 Å². The Morgan fingerprint density at radius 2 is 1.95 bits per heavy atom. The topological polar surface area (TPSA) is 78.4 Å². The molecule has 0 fully saturated rings. The number of halogens is 4. The highest BCUT2D eigenvalue weighted by atomic mass is 19.4. The summed E-state index contributed by atoms with van der Waals surface area (Å²) in [6.45, 7) is -1.51. The van der Waals surface area contributed by atoms with Crippen molar-refractivity contribution < 1.29 is 32.3 Å². The molecule has 3 N–H and O–H groups in total. The van der Waals surface area contributed by atoms with Crippen LogP contribution in [0.5, 0.6) is 0 Å². The number of anilines is 1. The van der Waals surface area contributed by atoms with Gasteiger partial charge in [0.1, 0.15) is 12.4 Å². The Kier molecular flexibility index (Phi) is 5.28. The maximum atomic E-state index is 13.3. The number of aliphatic carboxylic acids is 1. The van der Waals surface area contributed by atoms with Crippen LogP contribution in [0, 0.1) is 5.82 Å². The number of nitrogens with one attached hydrogen (secondary N) is 2. The molecule has 0 heterocycles. The molecule has 0 atom stereocenters. The minimum absolute atomic E-state index is 0.0149. The average Bonchev–Trinajstić information content (AvgIpc) is 2.36. The molecule has 0 unspecified atom stereocenters. The Balaban J connectivity index is 2.74. The summed E-state index contributed by atoms with van der Waals surface area (Å²) in [6, 6.07) is 2.04. The van der Waals surface area contributed by atoms with E-state index in [2.05, 4.69) is 5.32 Å². The van der Waals surface area contributed by atoms with E-state index in [4.69, 9.17) is 5.11 Å². The maximum absolute atomic E-state index is 13.3. The second-order valence-electron chi connectivity index (χ2n) is 3.83. The lowest BCUT2D eigenvalue weighted by Gasteiger charge is -2.10. The molecule has 2 amide bonds. The van der Waals surface area contributed by atoms with E-state index in [1.165, 1.54) is 0 Å². The number of alkyl halides is 3. The number of carboxylic acid groups (broad SMARTS) is 1. The highest BCUT2D eigenvalue weighted by Gasteiger charge is 2.27. The van der Waals surface area contributed by atoms with Crippen molar-refractivity contribution in [1.82, 2.24) is 5.32 Å². The second-order valence-corrected chi connectivity index (χ2v) is 3.83. The standard InChI is InChI=1S/C12H10F4N2O3/c13-9-3-2-8(5-7(9)1-4-10(19)20)18-11(21)17-6-12(14,15)16/h1-5H,6H2,(H,19,20)(H2,17,18,21)/b4-1+. The van der Waals surface area contributed by atoms with Gasteiger partial charge in [0.2, 0.25) is 0 Å². The Bertz CT molecular complexity index is 570. The fourth-order valence-electron chi connectivity index (χ4n) is 1.27. The first-order valence-corrected chi connectivity index (χ1v) is 5.49. The Hall–Kier alpha value is -2.58. The van der Waals surface area contributed by atoms with Crippen molar-refractivity contribution in [3.63, 3.8) is 0 Å². The minimum Gasteiger partial charge on any atom is -0.478 e. The molecule has 0 bridgehead atoms. The predicted octanol–water partition coefficient (Wildman–Crippen LogP) is 2.61. The number of carbonyl (C=O) groups is 2. The van der Waals surface area contributed by atoms with E-state index >= 15 is 0 Å². The summed E-state index contributed by atoms with van der Waals surface area (Å²) in [4.78, 5) is 21.5. The van der Waals surface area contributed by atoms with Crippen LogP contribution in [0.25, 0.3) is 6.08 Å². The van der Waals surface area contributed by atoms with Crippen LogP contribution >= 0.6 is 0 Å². The quantitative estimate of drug-likeness (QED) is 0.591. The van der Waals surface area contributed by atoms with E-state index in [9.17, 15) is 27.2 Å². The number of amides is 2. The van der Waals surface area contributed by atoms with Crippen LogP contribution in [-0.2, 0) is 4.79 Å². The minimum atomic E-state index is -4.55. The zero-order chi connectivity index (χ0) is 16.0. The first kappa shape index (κ1) is 16.5. The van der Waals surface area contributed by atoms with Gasteiger partial charge in [-0.2, -0.15) is 13.2 Å². The fourth-order valence-corrected chi connectivity index (χ4v) is 1.27. The average molecular weight is 306 g/mol. The van der Waals surface area contributed by atoms with Gasteiger partial charge in [-0.3, -0.25) is 0 Å². The normalized spacial score (nSPS) is 11.4. The van der Waals surface area contributed by atoms with Crippen LogP contribution in [0.1, 0.15) is 5.56 Å². The molecular weight excluding hydrogens is 296 g/mol. The Morgan fingerprint density at radius 1 is 1.29 bits per heavy atom. The van der Waals surface area contributed by atoms with Crippen molar-refractivity contribution in [3.8, 4) is 0 Å². The van der Waals surface area contributed by atoms with Gasteiger partial charge in [0.25, 0.3) is 0 Å². The summed E-state index contributed by atoms with van der Waals surface area (Å²) in [7, 11) is 0. The summed E-state index contributed by atoms with van der Waals surface area (Å²) >= 11 is 0. The van der Waals surface area contributed by atoms with E-state index in [1.54, 1.807) is 5.32 Å². The molecule has 0 spiro atoms. The lowest BCUT2D eigenvalue weighted by molar-refractivity contribution is -0.131. The SMILES string of the molecule is O=C(O)/C=C/c1cc(NC(=O)NCC(F)(F)F)ccc1F. The van der Waals surface area contributed by atoms with Crippen molar-refractivity contribution in [2.45, 2.75) is 6.18 Å². The maximum Gasteiger partial charge on any atom is 0.405 e. The Morgan fingerprint density at radius 3 is 2.52 bits per heavy atom. The smallest absolute Gasteiger partial charge is 0.405 e. The van der Waals surface area contributed by atoms with Gasteiger partial charge in [0.15, 0.2) is 0 Å². The molecule has 1 rings (SSSR count). The van der Waals surface area contributed by atoms with Gasteiger partial charge in [-0.15, -0.1) is 0 Å². The molecule has 5 nitrogen and oxygen atoms in total. The van der Waals surface area contributed by atoms with Gasteiger partial charge in [-0.1, -0.05) is 0 Å². The molecule has 114 valence electrons. The Labute approximate surface area is 116 Å². The summed E-state index contributed by atoms with van der Waals surface area (Å²) < 4.78 is 49.0. The van der Waals surface area contributed by atoms with Gasteiger partial charge in [-0.05, 0) is 24.3 Å². The zero-order valence-corrected chi connectivity index (χ0v) is 10.4. The molecule has 9 heteroatoms. The summed E-state index contributed by atoms with van der Waals surface area (Å²) in [6.07, 6.45) is -2.90. The fraction of sp³-hybridized carbons (Fsp3) is 0.167. The second kappa shape index (κ2) is 6.73. The lowest BCUT2D eigenvalue weighted by Crippen LogP contribution is -2.36. The molecule has 1 aromatic carbocycles. The molecule has 0 aliphatic rings. The zero-order valence-electron chi connectivity index (χ0n) is 10.4. The third kappa shape index (κ3) is 6.41. The van der Waals surface area contributed by atoms with Crippen molar-refractivity contribution in [1.29, 1.82) is 0 Å². The predicted molar refractivity (Wildman–Crippen MR) is 66.1 cm³/mol. The first-order chi connectivity index (χ1) is 9.67. The molecule has 0 aromatic heterocycles. The largest absolute Gasteiger partial charge is 0.478 e. The van der Waals surface area contributed by atoms with E-state index in [0.717, 1.165) is 24.3 Å². The van der Waals surface area contributed by atoms with E-state index in [1.807, 2.05) is 0 Å². The van der Waals surface area contributed by atoms with Gasteiger partial charge in [0, 0.05) is 17.3 Å². The summed E-state index contributed by atoms with van der Waals surface area (Å²) in [5.74, 6) is -2.04. The number of rotatable bonds is 4. The molecule has 1 aromatic rings. The monoisotopic (exact) mass is 306 g/mol. The van der Waals surface area contributed by atoms with Crippen molar-refractivity contribution in [2.24, 2.45) is 0 Å². The summed E-state index contributed by atoms with van der Waals surface area (Å²) in [5.41, 5.74) is -0.118. The number of urea groups is 1. The highest BCUT2D eigenvalue weighted by Crippen LogP contribution is 2.16. The van der Waals surface area contributed by atoms with Crippen molar-refractivity contribution in [2.75, 3.05) is 11.9 Å². The van der Waals surface area contributed by atoms with Crippen LogP contribution in [0.4, 0.5) is 28.0 Å². The van der Waals surface area contributed by atoms with Crippen LogP contribution in [0.15, 0.2) is 24.3 Å². The molecule has 0 saturated carbocycles. The molecule has 0 saturated heterocycles. The first-order valence-electron chi connectivity index (χ1n) is 5.49. The molecular formula is C12H10F4N2O3. The van der Waals surface area contributed by atoms with E-state index in [-0.39, 0.29) is 11.3 Å². The van der Waals surface area contributed by atoms with Crippen LogP contribution in [0.2, 0.25) is 0 Å². The van der Waals surface area contributed by atoms with Crippen LogP contribution in [0.3, 0.4) is 0 Å². The number of hydrogen-bond donors (Lipinski definition) is 3. The van der Waals surface area contributed by atoms with Gasteiger partial charge >= 0.3 is 18.2 Å². The summed E-state index contributed by atoms with van der Waals surface area (Å²) in [5, 5.41) is 12.1. The number of benzene rings is 1. The molecule has 0 aliphatic carbocycles. The lowest BCUT2D eigenvalue weighted by atomic mass is 10.1. The van der Waals surface area contributed by atoms with E-state index < -0.39 is 30.5 Å². The third-order valence-electron chi connectivity index (χ3n) is 2.11. The van der Waals surface area contributed by atoms with Crippen LogP contribution < -0.4 is 10.6 Å². The molecule has 0 aliphatic heterocycles. The number of hydrogen-bond acceptors (Lipinski definition) is 2.